The Morgan fingerprint density at radius 1 is 1.24 bits per heavy atom. The van der Waals surface area contributed by atoms with Crippen LogP contribution in [0.5, 0.6) is 5.75 Å². The number of urea groups is 1. The number of rotatable bonds is 9. The van der Waals surface area contributed by atoms with E-state index in [0.717, 1.165) is 11.1 Å². The number of amides is 2. The molecule has 3 rings (SSSR count). The van der Waals surface area contributed by atoms with Gasteiger partial charge in [-0.05, 0) is 41.8 Å². The van der Waals surface area contributed by atoms with Crippen molar-refractivity contribution in [3.05, 3.63) is 59.4 Å². The second kappa shape index (κ2) is 11.4. The van der Waals surface area contributed by atoms with E-state index in [2.05, 4.69) is 5.32 Å². The average molecular weight is 461 g/mol. The molecule has 0 unspecified atom stereocenters. The summed E-state index contributed by atoms with van der Waals surface area (Å²) in [4.78, 5) is 13.8. The molecule has 2 aromatic rings. The molecule has 33 heavy (non-hydrogen) atoms. The number of carbonyl (C=O) groups is 1. The zero-order valence-electron chi connectivity index (χ0n) is 19.5. The molecule has 1 atom stereocenters. The Kier molecular flexibility index (Phi) is 8.66. The maximum absolute atomic E-state index is 14.3. The Labute approximate surface area is 194 Å². The third-order valence-electron chi connectivity index (χ3n) is 6.16. The Morgan fingerprint density at radius 3 is 2.55 bits per heavy atom. The van der Waals surface area contributed by atoms with Crippen molar-refractivity contribution < 1.29 is 28.5 Å². The van der Waals surface area contributed by atoms with Crippen molar-refractivity contribution >= 4 is 11.7 Å². The number of nitrogens with zero attached hydrogens (tertiary/aromatic N) is 1. The van der Waals surface area contributed by atoms with E-state index in [0.29, 0.717) is 43.9 Å². The topological polar surface area (TPSA) is 80.3 Å². The lowest BCUT2D eigenvalue weighted by Crippen LogP contribution is -2.44. The number of benzene rings is 2. The number of nitrogens with one attached hydrogen (secondary N) is 1. The summed E-state index contributed by atoms with van der Waals surface area (Å²) in [7, 11) is 3.31. The molecule has 180 valence electrons. The highest BCUT2D eigenvalue weighted by atomic mass is 19.1. The standard InChI is InChI=1S/C25H33FN2O5/c1-4-21(16-29)27-24(30)28(2)22-7-5-18(6-8-22)17-33-23-14-19(13-20(26)15-23)25(31-3)9-11-32-12-10-25/h5-8,13-15,21,29H,4,9-12,16-17H2,1-3H3,(H,27,30)/t21-/m1/s1. The van der Waals surface area contributed by atoms with E-state index in [4.69, 9.17) is 14.2 Å². The highest BCUT2D eigenvalue weighted by Crippen LogP contribution is 2.37. The van der Waals surface area contributed by atoms with Gasteiger partial charge in [-0.3, -0.25) is 4.90 Å². The fourth-order valence-electron chi connectivity index (χ4n) is 3.87. The van der Waals surface area contributed by atoms with E-state index < -0.39 is 5.60 Å². The lowest BCUT2D eigenvalue weighted by molar-refractivity contribution is -0.0950. The predicted molar refractivity (Wildman–Crippen MR) is 124 cm³/mol. The van der Waals surface area contributed by atoms with Crippen LogP contribution in [0.15, 0.2) is 42.5 Å². The van der Waals surface area contributed by atoms with Crippen molar-refractivity contribution in [1.82, 2.24) is 5.32 Å². The molecule has 0 aliphatic carbocycles. The summed E-state index contributed by atoms with van der Waals surface area (Å²) in [6, 6.07) is 11.5. The molecule has 0 radical (unpaired) electrons. The van der Waals surface area contributed by atoms with E-state index in [1.54, 1.807) is 14.2 Å². The molecule has 2 aromatic carbocycles. The van der Waals surface area contributed by atoms with Crippen molar-refractivity contribution in [2.75, 3.05) is 38.9 Å². The Morgan fingerprint density at radius 2 is 1.94 bits per heavy atom. The Hall–Kier alpha value is -2.68. The van der Waals surface area contributed by atoms with Crippen LogP contribution in [0.2, 0.25) is 0 Å². The van der Waals surface area contributed by atoms with Crippen molar-refractivity contribution in [3.63, 3.8) is 0 Å². The van der Waals surface area contributed by atoms with Crippen LogP contribution in [0.4, 0.5) is 14.9 Å². The van der Waals surface area contributed by atoms with Gasteiger partial charge in [0.2, 0.25) is 0 Å². The van der Waals surface area contributed by atoms with Crippen LogP contribution < -0.4 is 15.0 Å². The normalized spacial score (nSPS) is 16.2. The molecule has 1 heterocycles. The number of methoxy groups -OCH3 is 1. The summed E-state index contributed by atoms with van der Waals surface area (Å²) in [5.41, 5.74) is 1.77. The summed E-state index contributed by atoms with van der Waals surface area (Å²) in [6.07, 6.45) is 1.96. The van der Waals surface area contributed by atoms with Crippen LogP contribution in [0.3, 0.4) is 0 Å². The van der Waals surface area contributed by atoms with Gasteiger partial charge in [0.15, 0.2) is 0 Å². The molecule has 0 saturated carbocycles. The zero-order chi connectivity index (χ0) is 23.8. The van der Waals surface area contributed by atoms with Gasteiger partial charge < -0.3 is 24.6 Å². The van der Waals surface area contributed by atoms with Crippen LogP contribution >= 0.6 is 0 Å². The second-order valence-electron chi connectivity index (χ2n) is 8.24. The molecule has 7 nitrogen and oxygen atoms in total. The smallest absolute Gasteiger partial charge is 0.321 e. The van der Waals surface area contributed by atoms with E-state index in [-0.39, 0.29) is 31.1 Å². The molecule has 2 amide bonds. The fraction of sp³-hybridized carbons (Fsp3) is 0.480. The number of ether oxygens (including phenoxy) is 3. The summed E-state index contributed by atoms with van der Waals surface area (Å²) < 4.78 is 31.4. The van der Waals surface area contributed by atoms with Gasteiger partial charge in [0.05, 0.1) is 18.2 Å². The lowest BCUT2D eigenvalue weighted by Gasteiger charge is -2.36. The molecule has 1 aliphatic heterocycles. The van der Waals surface area contributed by atoms with Gasteiger partial charge >= 0.3 is 6.03 Å². The molecule has 0 bridgehead atoms. The van der Waals surface area contributed by atoms with Crippen LogP contribution in [0, 0.1) is 5.82 Å². The van der Waals surface area contributed by atoms with Crippen molar-refractivity contribution in [3.8, 4) is 5.75 Å². The summed E-state index contributed by atoms with van der Waals surface area (Å²) in [5.74, 6) is 0.0600. The van der Waals surface area contributed by atoms with Crippen molar-refractivity contribution in [2.45, 2.75) is 44.4 Å². The number of aliphatic hydroxyl groups excluding tert-OH is 1. The van der Waals surface area contributed by atoms with Gasteiger partial charge in [-0.25, -0.2) is 9.18 Å². The van der Waals surface area contributed by atoms with Crippen molar-refractivity contribution in [2.24, 2.45) is 0 Å². The Balaban J connectivity index is 1.64. The number of anilines is 1. The molecule has 1 fully saturated rings. The summed E-state index contributed by atoms with van der Waals surface area (Å²) in [5, 5.41) is 12.1. The van der Waals surface area contributed by atoms with Gasteiger partial charge in [0.25, 0.3) is 0 Å². The number of carbonyl (C=O) groups excluding carboxylic acids is 1. The molecular weight excluding hydrogens is 427 g/mol. The second-order valence-corrected chi connectivity index (χ2v) is 8.24. The molecule has 2 N–H and O–H groups in total. The van der Waals surface area contributed by atoms with Crippen LogP contribution in [0.25, 0.3) is 0 Å². The quantitative estimate of drug-likeness (QED) is 0.592. The van der Waals surface area contributed by atoms with Crippen LogP contribution in [-0.4, -0.2) is 51.2 Å². The number of aliphatic hydroxyl groups is 1. The number of hydrogen-bond acceptors (Lipinski definition) is 5. The van der Waals surface area contributed by atoms with Gasteiger partial charge in [0.1, 0.15) is 18.2 Å². The lowest BCUT2D eigenvalue weighted by atomic mass is 9.86. The predicted octanol–water partition coefficient (Wildman–Crippen LogP) is 3.97. The monoisotopic (exact) mass is 460 g/mol. The van der Waals surface area contributed by atoms with Gasteiger partial charge in [0, 0.05) is 52.0 Å². The van der Waals surface area contributed by atoms with Crippen LogP contribution in [0.1, 0.15) is 37.3 Å². The van der Waals surface area contributed by atoms with Gasteiger partial charge in [-0.15, -0.1) is 0 Å². The third-order valence-corrected chi connectivity index (χ3v) is 6.16. The highest BCUT2D eigenvalue weighted by Gasteiger charge is 2.35. The summed E-state index contributed by atoms with van der Waals surface area (Å²) in [6.45, 7) is 3.19. The van der Waals surface area contributed by atoms with E-state index in [9.17, 15) is 14.3 Å². The largest absolute Gasteiger partial charge is 0.489 e. The minimum Gasteiger partial charge on any atom is -0.489 e. The maximum atomic E-state index is 14.3. The van der Waals surface area contributed by atoms with Gasteiger partial charge in [-0.1, -0.05) is 19.1 Å². The number of hydrogen-bond donors (Lipinski definition) is 2. The summed E-state index contributed by atoms with van der Waals surface area (Å²) >= 11 is 0. The minimum absolute atomic E-state index is 0.104. The van der Waals surface area contributed by atoms with E-state index in [1.807, 2.05) is 37.3 Å². The first-order chi connectivity index (χ1) is 15.9. The minimum atomic E-state index is -0.571. The van der Waals surface area contributed by atoms with Crippen molar-refractivity contribution in [1.29, 1.82) is 0 Å². The SMILES string of the molecule is CC[C@H](CO)NC(=O)N(C)c1ccc(COc2cc(F)cc(C3(OC)CCOCC3)c2)cc1. The molecule has 8 heteroatoms. The molecule has 1 aliphatic rings. The molecule has 0 aromatic heterocycles. The number of halogens is 1. The zero-order valence-corrected chi connectivity index (χ0v) is 19.5. The molecular formula is C25H33FN2O5. The van der Waals surface area contributed by atoms with E-state index in [1.165, 1.54) is 17.0 Å². The van der Waals surface area contributed by atoms with Gasteiger partial charge in [-0.2, -0.15) is 0 Å². The molecule has 0 spiro atoms. The first kappa shape index (κ1) is 25.0. The maximum Gasteiger partial charge on any atom is 0.321 e. The fourth-order valence-corrected chi connectivity index (χ4v) is 3.87. The highest BCUT2D eigenvalue weighted by molar-refractivity contribution is 5.91. The first-order valence-corrected chi connectivity index (χ1v) is 11.2. The average Bonchev–Trinajstić information content (AvgIpc) is 2.85. The Bertz CT molecular complexity index is 912. The van der Waals surface area contributed by atoms with Crippen LogP contribution in [-0.2, 0) is 21.7 Å². The first-order valence-electron chi connectivity index (χ1n) is 11.2. The third kappa shape index (κ3) is 6.22. The van der Waals surface area contributed by atoms with E-state index >= 15 is 0 Å². The molecule has 1 saturated heterocycles.